The Bertz CT molecular complexity index is 1080. The molecule has 0 atom stereocenters. The molecule has 1 amide bonds. The second-order valence-electron chi connectivity index (χ2n) is 5.64. The normalized spacial score (nSPS) is 10.9. The van der Waals surface area contributed by atoms with Gasteiger partial charge in [0.15, 0.2) is 5.75 Å². The Morgan fingerprint density at radius 2 is 2.04 bits per heavy atom. The standard InChI is InChI=1S/C18H13ClN4O4S/c1-10-16(28-18(21-10)12-3-5-13(19)6-4-12)17(25)22-20-9-11-2-7-14(23(26)27)15(24)8-11/h2-9,24H,1H3,(H,22,25)/b20-9+. The molecule has 10 heteroatoms. The van der Waals surface area contributed by atoms with E-state index in [1.165, 1.54) is 29.7 Å². The lowest BCUT2D eigenvalue weighted by molar-refractivity contribution is -0.385. The van der Waals surface area contributed by atoms with Crippen LogP contribution in [0.25, 0.3) is 10.6 Å². The smallest absolute Gasteiger partial charge is 0.310 e. The first-order chi connectivity index (χ1) is 13.3. The summed E-state index contributed by atoms with van der Waals surface area (Å²) in [7, 11) is 0. The van der Waals surface area contributed by atoms with Crippen molar-refractivity contribution in [2.24, 2.45) is 5.10 Å². The van der Waals surface area contributed by atoms with E-state index in [4.69, 9.17) is 11.6 Å². The van der Waals surface area contributed by atoms with Gasteiger partial charge >= 0.3 is 5.69 Å². The van der Waals surface area contributed by atoms with E-state index in [1.807, 2.05) is 12.1 Å². The molecule has 0 aliphatic rings. The fourth-order valence-corrected chi connectivity index (χ4v) is 3.40. The summed E-state index contributed by atoms with van der Waals surface area (Å²) in [6.45, 7) is 1.73. The topological polar surface area (TPSA) is 118 Å². The number of phenols is 1. The number of rotatable bonds is 5. The van der Waals surface area contributed by atoms with Gasteiger partial charge in [-0.2, -0.15) is 5.10 Å². The summed E-state index contributed by atoms with van der Waals surface area (Å²) in [6, 6.07) is 10.9. The maximum absolute atomic E-state index is 12.4. The number of carbonyl (C=O) groups excluding carboxylic acids is 1. The number of nitrogens with one attached hydrogen (secondary N) is 1. The maximum atomic E-state index is 12.4. The third-order valence-corrected chi connectivity index (χ3v) is 5.13. The van der Waals surface area contributed by atoms with Crippen LogP contribution in [0, 0.1) is 17.0 Å². The van der Waals surface area contributed by atoms with Gasteiger partial charge in [0.1, 0.15) is 9.88 Å². The fourth-order valence-electron chi connectivity index (χ4n) is 2.31. The first-order valence-corrected chi connectivity index (χ1v) is 9.09. The largest absolute Gasteiger partial charge is 0.502 e. The zero-order chi connectivity index (χ0) is 20.3. The van der Waals surface area contributed by atoms with E-state index in [1.54, 1.807) is 19.1 Å². The molecule has 8 nitrogen and oxygen atoms in total. The van der Waals surface area contributed by atoms with Gasteiger partial charge in [0.25, 0.3) is 5.91 Å². The molecule has 0 spiro atoms. The number of carbonyl (C=O) groups is 1. The Kier molecular flexibility index (Phi) is 5.67. The number of hydrogen-bond acceptors (Lipinski definition) is 7. The molecule has 0 radical (unpaired) electrons. The molecule has 0 bridgehead atoms. The van der Waals surface area contributed by atoms with Crippen molar-refractivity contribution in [3.8, 4) is 16.3 Å². The highest BCUT2D eigenvalue weighted by atomic mass is 35.5. The number of aryl methyl sites for hydroxylation is 1. The van der Waals surface area contributed by atoms with Crippen LogP contribution >= 0.6 is 22.9 Å². The minimum absolute atomic E-state index is 0.395. The van der Waals surface area contributed by atoms with Gasteiger partial charge in [-0.25, -0.2) is 10.4 Å². The zero-order valence-corrected chi connectivity index (χ0v) is 16.0. The molecule has 0 fully saturated rings. The Morgan fingerprint density at radius 3 is 2.68 bits per heavy atom. The Balaban J connectivity index is 1.71. The van der Waals surface area contributed by atoms with Gasteiger partial charge in [-0.15, -0.1) is 11.3 Å². The van der Waals surface area contributed by atoms with Crippen LogP contribution in [0.3, 0.4) is 0 Å². The summed E-state index contributed by atoms with van der Waals surface area (Å²) in [6.07, 6.45) is 1.28. The Morgan fingerprint density at radius 1 is 1.32 bits per heavy atom. The van der Waals surface area contributed by atoms with Crippen LogP contribution in [-0.2, 0) is 0 Å². The summed E-state index contributed by atoms with van der Waals surface area (Å²) in [5.74, 6) is -0.913. The number of phenolic OH excluding ortho intramolecular Hbond substituents is 1. The fraction of sp³-hybridized carbons (Fsp3) is 0.0556. The van der Waals surface area contributed by atoms with Crippen molar-refractivity contribution in [3.05, 3.63) is 73.7 Å². The predicted molar refractivity (Wildman–Crippen MR) is 107 cm³/mol. The molecule has 142 valence electrons. The number of hydrazone groups is 1. The van der Waals surface area contributed by atoms with Gasteiger partial charge in [-0.05, 0) is 36.8 Å². The zero-order valence-electron chi connectivity index (χ0n) is 14.4. The number of nitrogens with zero attached hydrogens (tertiary/aromatic N) is 3. The highest BCUT2D eigenvalue weighted by Crippen LogP contribution is 2.29. The number of aromatic nitrogens is 1. The SMILES string of the molecule is Cc1nc(-c2ccc(Cl)cc2)sc1C(=O)N/N=C/c1ccc([N+](=O)[O-])c(O)c1. The molecular weight excluding hydrogens is 404 g/mol. The molecule has 1 heterocycles. The van der Waals surface area contributed by atoms with Crippen molar-refractivity contribution >= 4 is 40.7 Å². The van der Waals surface area contributed by atoms with Crippen LogP contribution in [0.1, 0.15) is 20.9 Å². The van der Waals surface area contributed by atoms with E-state index >= 15 is 0 Å². The number of halogens is 1. The van der Waals surface area contributed by atoms with Crippen LogP contribution in [-0.4, -0.2) is 27.1 Å². The average molecular weight is 417 g/mol. The van der Waals surface area contributed by atoms with E-state index < -0.39 is 22.3 Å². The lowest BCUT2D eigenvalue weighted by Crippen LogP contribution is -2.17. The highest BCUT2D eigenvalue weighted by molar-refractivity contribution is 7.17. The van der Waals surface area contributed by atoms with Crippen LogP contribution in [0.15, 0.2) is 47.6 Å². The molecule has 3 aromatic rings. The Labute approximate surface area is 168 Å². The molecule has 0 saturated heterocycles. The monoisotopic (exact) mass is 416 g/mol. The van der Waals surface area contributed by atoms with Crippen molar-refractivity contribution in [1.82, 2.24) is 10.4 Å². The quantitative estimate of drug-likeness (QED) is 0.368. The molecule has 28 heavy (non-hydrogen) atoms. The minimum Gasteiger partial charge on any atom is -0.502 e. The van der Waals surface area contributed by atoms with Crippen molar-refractivity contribution in [2.75, 3.05) is 0 Å². The van der Waals surface area contributed by atoms with E-state index in [9.17, 15) is 20.0 Å². The summed E-state index contributed by atoms with van der Waals surface area (Å²) < 4.78 is 0. The van der Waals surface area contributed by atoms with Gasteiger partial charge in [-0.3, -0.25) is 14.9 Å². The van der Waals surface area contributed by atoms with Crippen molar-refractivity contribution in [1.29, 1.82) is 0 Å². The molecule has 0 aliphatic heterocycles. The average Bonchev–Trinajstić information content (AvgIpc) is 3.04. The summed E-state index contributed by atoms with van der Waals surface area (Å²) >= 11 is 7.11. The molecule has 1 aromatic heterocycles. The van der Waals surface area contributed by atoms with E-state index in [-0.39, 0.29) is 0 Å². The van der Waals surface area contributed by atoms with Gasteiger partial charge in [-0.1, -0.05) is 23.7 Å². The number of nitro benzene ring substituents is 1. The van der Waals surface area contributed by atoms with Gasteiger partial charge < -0.3 is 5.11 Å². The summed E-state index contributed by atoms with van der Waals surface area (Å²) in [4.78, 5) is 27.2. The van der Waals surface area contributed by atoms with Crippen molar-refractivity contribution in [3.63, 3.8) is 0 Å². The van der Waals surface area contributed by atoms with E-state index in [0.717, 1.165) is 11.6 Å². The van der Waals surface area contributed by atoms with Crippen LogP contribution in [0.2, 0.25) is 5.02 Å². The van der Waals surface area contributed by atoms with Gasteiger partial charge in [0.05, 0.1) is 16.8 Å². The lowest BCUT2D eigenvalue weighted by atomic mass is 10.2. The minimum atomic E-state index is -0.692. The summed E-state index contributed by atoms with van der Waals surface area (Å²) in [5.41, 5.74) is 3.79. The van der Waals surface area contributed by atoms with E-state index in [2.05, 4.69) is 15.5 Å². The summed E-state index contributed by atoms with van der Waals surface area (Å²) in [5, 5.41) is 25.4. The Hall–Kier alpha value is -3.30. The first-order valence-electron chi connectivity index (χ1n) is 7.89. The van der Waals surface area contributed by atoms with Crippen LogP contribution < -0.4 is 5.43 Å². The van der Waals surface area contributed by atoms with Crippen molar-refractivity contribution in [2.45, 2.75) is 6.92 Å². The third-order valence-electron chi connectivity index (χ3n) is 3.67. The molecule has 0 unspecified atom stereocenters. The number of hydrogen-bond donors (Lipinski definition) is 2. The number of aromatic hydroxyl groups is 1. The van der Waals surface area contributed by atoms with Crippen LogP contribution in [0.4, 0.5) is 5.69 Å². The molecule has 0 saturated carbocycles. The van der Waals surface area contributed by atoms with Gasteiger partial charge in [0, 0.05) is 16.7 Å². The number of benzene rings is 2. The first kappa shape index (κ1) is 19.5. The number of amides is 1. The van der Waals surface area contributed by atoms with Gasteiger partial charge in [0.2, 0.25) is 0 Å². The molecule has 3 rings (SSSR count). The molecule has 2 N–H and O–H groups in total. The highest BCUT2D eigenvalue weighted by Gasteiger charge is 2.16. The second kappa shape index (κ2) is 8.15. The predicted octanol–water partition coefficient (Wildman–Crippen LogP) is 4.15. The molecular formula is C18H13ClN4O4S. The molecule has 0 aliphatic carbocycles. The third kappa shape index (κ3) is 4.33. The van der Waals surface area contributed by atoms with E-state index in [0.29, 0.717) is 26.2 Å². The molecule has 2 aromatic carbocycles. The van der Waals surface area contributed by atoms with Crippen molar-refractivity contribution < 1.29 is 14.8 Å². The van der Waals surface area contributed by atoms with Crippen LogP contribution in [0.5, 0.6) is 5.75 Å². The maximum Gasteiger partial charge on any atom is 0.310 e. The number of nitro groups is 1. The second-order valence-corrected chi connectivity index (χ2v) is 7.08. The lowest BCUT2D eigenvalue weighted by Gasteiger charge is -1.99. The number of thiazole rings is 1.